The highest BCUT2D eigenvalue weighted by molar-refractivity contribution is 6.33. The molecular formula is C14H12ClN7. The molecule has 2 aromatic heterocycles. The van der Waals surface area contributed by atoms with E-state index < -0.39 is 6.04 Å². The predicted octanol–water partition coefficient (Wildman–Crippen LogP) is 2.65. The van der Waals surface area contributed by atoms with Crippen LogP contribution in [-0.2, 0) is 0 Å². The summed E-state index contributed by atoms with van der Waals surface area (Å²) >= 11 is 6.05. The molecule has 0 amide bonds. The standard InChI is InChI=1S/C14H12ClN7/c1-8(4-16)21-12-3-13(19-7-11(12)18)22-14-10(15)2-9(5-17)6-20-14/h2-3,6-8H,18H2,1H3,(H2,19,20,21,22). The summed E-state index contributed by atoms with van der Waals surface area (Å²) < 4.78 is 0. The lowest BCUT2D eigenvalue weighted by Crippen LogP contribution is -2.14. The van der Waals surface area contributed by atoms with E-state index in [2.05, 4.69) is 26.7 Å². The van der Waals surface area contributed by atoms with Gasteiger partial charge in [-0.15, -0.1) is 0 Å². The second-order valence-electron chi connectivity index (χ2n) is 4.44. The Morgan fingerprint density at radius 2 is 2.05 bits per heavy atom. The van der Waals surface area contributed by atoms with Crippen molar-refractivity contribution in [3.63, 3.8) is 0 Å². The van der Waals surface area contributed by atoms with Crippen molar-refractivity contribution >= 4 is 34.6 Å². The maximum absolute atomic E-state index is 8.84. The largest absolute Gasteiger partial charge is 0.396 e. The number of nitriles is 2. The van der Waals surface area contributed by atoms with Crippen LogP contribution in [0.5, 0.6) is 0 Å². The van der Waals surface area contributed by atoms with Gasteiger partial charge in [-0.2, -0.15) is 10.5 Å². The summed E-state index contributed by atoms with van der Waals surface area (Å²) in [5, 5.41) is 23.8. The number of hydrogen-bond acceptors (Lipinski definition) is 7. The topological polar surface area (TPSA) is 123 Å². The molecule has 1 unspecified atom stereocenters. The average molecular weight is 314 g/mol. The van der Waals surface area contributed by atoms with Crippen LogP contribution in [0.2, 0.25) is 5.02 Å². The van der Waals surface area contributed by atoms with Crippen molar-refractivity contribution in [1.29, 1.82) is 10.5 Å². The normalized spacial score (nSPS) is 11.1. The zero-order valence-corrected chi connectivity index (χ0v) is 12.4. The first-order valence-corrected chi connectivity index (χ1v) is 6.65. The van der Waals surface area contributed by atoms with Gasteiger partial charge in [0, 0.05) is 12.3 Å². The number of nitrogens with one attached hydrogen (secondary N) is 2. The number of hydrogen-bond donors (Lipinski definition) is 3. The number of rotatable bonds is 4. The molecule has 0 radical (unpaired) electrons. The van der Waals surface area contributed by atoms with Crippen molar-refractivity contribution < 1.29 is 0 Å². The minimum atomic E-state index is -0.394. The van der Waals surface area contributed by atoms with Crippen LogP contribution in [0.4, 0.5) is 23.0 Å². The maximum Gasteiger partial charge on any atom is 0.150 e. The number of nitrogen functional groups attached to an aromatic ring is 1. The number of halogens is 1. The smallest absolute Gasteiger partial charge is 0.150 e. The maximum atomic E-state index is 8.84. The van der Waals surface area contributed by atoms with Gasteiger partial charge >= 0.3 is 0 Å². The molecule has 2 aromatic rings. The average Bonchev–Trinajstić information content (AvgIpc) is 2.52. The van der Waals surface area contributed by atoms with Gasteiger partial charge in [0.1, 0.15) is 23.7 Å². The van der Waals surface area contributed by atoms with Crippen molar-refractivity contribution in [2.75, 3.05) is 16.4 Å². The Kier molecular flexibility index (Phi) is 4.62. The van der Waals surface area contributed by atoms with Crippen molar-refractivity contribution in [3.05, 3.63) is 35.1 Å². The number of anilines is 4. The summed E-state index contributed by atoms with van der Waals surface area (Å²) in [5.74, 6) is 0.832. The van der Waals surface area contributed by atoms with E-state index >= 15 is 0 Å². The van der Waals surface area contributed by atoms with Gasteiger partial charge in [0.25, 0.3) is 0 Å². The molecule has 1 atom stereocenters. The Morgan fingerprint density at radius 1 is 1.27 bits per heavy atom. The zero-order chi connectivity index (χ0) is 16.1. The monoisotopic (exact) mass is 313 g/mol. The molecule has 0 aliphatic rings. The molecule has 2 rings (SSSR count). The van der Waals surface area contributed by atoms with E-state index in [1.807, 2.05) is 6.07 Å². The predicted molar refractivity (Wildman–Crippen MR) is 84.6 cm³/mol. The second kappa shape index (κ2) is 6.61. The summed E-state index contributed by atoms with van der Waals surface area (Å²) in [7, 11) is 0. The van der Waals surface area contributed by atoms with Gasteiger partial charge in [-0.1, -0.05) is 11.6 Å². The summed E-state index contributed by atoms with van der Waals surface area (Å²) in [6.07, 6.45) is 2.87. The number of pyridine rings is 2. The molecule has 0 saturated heterocycles. The molecule has 0 aromatic carbocycles. The Labute approximate surface area is 132 Å². The third-order valence-electron chi connectivity index (χ3n) is 2.72. The van der Waals surface area contributed by atoms with Gasteiger partial charge in [0.2, 0.25) is 0 Å². The lowest BCUT2D eigenvalue weighted by molar-refractivity contribution is 1.01. The highest BCUT2D eigenvalue weighted by atomic mass is 35.5. The molecule has 7 nitrogen and oxygen atoms in total. The van der Waals surface area contributed by atoms with Crippen LogP contribution in [0.15, 0.2) is 24.5 Å². The Hall–Kier alpha value is -3.03. The molecule has 8 heteroatoms. The van der Waals surface area contributed by atoms with E-state index in [0.717, 1.165) is 0 Å². The molecule has 0 aliphatic carbocycles. The van der Waals surface area contributed by atoms with E-state index in [1.165, 1.54) is 18.5 Å². The summed E-state index contributed by atoms with van der Waals surface area (Å²) in [6, 6.07) is 6.78. The number of aromatic nitrogens is 2. The van der Waals surface area contributed by atoms with E-state index in [-0.39, 0.29) is 0 Å². The minimum absolute atomic E-state index is 0.303. The SMILES string of the molecule is CC(C#N)Nc1cc(Nc2ncc(C#N)cc2Cl)ncc1N. The van der Waals surface area contributed by atoms with Crippen LogP contribution in [0.25, 0.3) is 0 Å². The first kappa shape index (κ1) is 15.4. The van der Waals surface area contributed by atoms with Gasteiger partial charge in [-0.3, -0.25) is 0 Å². The quantitative estimate of drug-likeness (QED) is 0.792. The number of nitrogens with zero attached hydrogens (tertiary/aromatic N) is 4. The zero-order valence-electron chi connectivity index (χ0n) is 11.6. The fourth-order valence-electron chi connectivity index (χ4n) is 1.64. The van der Waals surface area contributed by atoms with Crippen molar-refractivity contribution in [2.45, 2.75) is 13.0 Å². The van der Waals surface area contributed by atoms with Crippen LogP contribution in [-0.4, -0.2) is 16.0 Å². The van der Waals surface area contributed by atoms with Gasteiger partial charge < -0.3 is 16.4 Å². The van der Waals surface area contributed by atoms with Crippen LogP contribution in [0, 0.1) is 22.7 Å². The molecule has 0 aliphatic heterocycles. The van der Waals surface area contributed by atoms with Crippen molar-refractivity contribution in [2.24, 2.45) is 0 Å². The molecular weight excluding hydrogens is 302 g/mol. The molecule has 0 bridgehead atoms. The summed E-state index contributed by atoms with van der Waals surface area (Å²) in [4.78, 5) is 8.19. The Balaban J connectivity index is 2.25. The molecule has 110 valence electrons. The lowest BCUT2D eigenvalue weighted by atomic mass is 10.3. The molecule has 4 N–H and O–H groups in total. The molecule has 2 heterocycles. The molecule has 0 fully saturated rings. The number of nitrogens with two attached hydrogens (primary N) is 1. The highest BCUT2D eigenvalue weighted by Crippen LogP contribution is 2.26. The fraction of sp³-hybridized carbons (Fsp3) is 0.143. The fourth-order valence-corrected chi connectivity index (χ4v) is 1.85. The third-order valence-corrected chi connectivity index (χ3v) is 3.01. The van der Waals surface area contributed by atoms with Gasteiger partial charge in [0.15, 0.2) is 0 Å². The summed E-state index contributed by atoms with van der Waals surface area (Å²) in [5.41, 5.74) is 7.18. The molecule has 0 saturated carbocycles. The summed E-state index contributed by atoms with van der Waals surface area (Å²) in [6.45, 7) is 1.71. The second-order valence-corrected chi connectivity index (χ2v) is 4.85. The van der Waals surface area contributed by atoms with Crippen LogP contribution in [0.1, 0.15) is 12.5 Å². The lowest BCUT2D eigenvalue weighted by Gasteiger charge is -2.13. The molecule has 0 spiro atoms. The first-order chi connectivity index (χ1) is 10.5. The minimum Gasteiger partial charge on any atom is -0.396 e. The van der Waals surface area contributed by atoms with Gasteiger partial charge in [0.05, 0.1) is 34.2 Å². The van der Waals surface area contributed by atoms with Gasteiger partial charge in [-0.25, -0.2) is 9.97 Å². The van der Waals surface area contributed by atoms with Crippen molar-refractivity contribution in [1.82, 2.24) is 9.97 Å². The van der Waals surface area contributed by atoms with E-state index in [4.69, 9.17) is 27.9 Å². The van der Waals surface area contributed by atoms with Crippen LogP contribution in [0.3, 0.4) is 0 Å². The van der Waals surface area contributed by atoms with E-state index in [1.54, 1.807) is 13.0 Å². The van der Waals surface area contributed by atoms with E-state index in [9.17, 15) is 0 Å². The van der Waals surface area contributed by atoms with E-state index in [0.29, 0.717) is 33.6 Å². The Morgan fingerprint density at radius 3 is 2.68 bits per heavy atom. The highest BCUT2D eigenvalue weighted by Gasteiger charge is 2.09. The first-order valence-electron chi connectivity index (χ1n) is 6.28. The van der Waals surface area contributed by atoms with Crippen LogP contribution < -0.4 is 16.4 Å². The third kappa shape index (κ3) is 3.54. The van der Waals surface area contributed by atoms with Crippen molar-refractivity contribution in [3.8, 4) is 12.1 Å². The van der Waals surface area contributed by atoms with Gasteiger partial charge in [-0.05, 0) is 13.0 Å². The Bertz CT molecular complexity index is 776. The molecule has 22 heavy (non-hydrogen) atoms. The van der Waals surface area contributed by atoms with Crippen LogP contribution >= 0.6 is 11.6 Å².